The number of rotatable bonds is 2. The highest BCUT2D eigenvalue weighted by Crippen LogP contribution is 2.41. The van der Waals surface area contributed by atoms with E-state index in [1.54, 1.807) is 11.3 Å². The van der Waals surface area contributed by atoms with Gasteiger partial charge in [-0.15, -0.1) is 22.9 Å². The van der Waals surface area contributed by atoms with Gasteiger partial charge in [0.25, 0.3) is 0 Å². The molecular formula is C15H16BrClS. The first kappa shape index (κ1) is 14.1. The molecule has 0 amide bonds. The van der Waals surface area contributed by atoms with E-state index >= 15 is 0 Å². The molecule has 0 spiro atoms. The number of thiophene rings is 1. The van der Waals surface area contributed by atoms with Crippen LogP contribution in [0.5, 0.6) is 0 Å². The van der Waals surface area contributed by atoms with Crippen LogP contribution in [0.4, 0.5) is 0 Å². The maximum atomic E-state index is 6.69. The lowest BCUT2D eigenvalue weighted by atomic mass is 9.96. The number of halogens is 2. The van der Waals surface area contributed by atoms with Crippen molar-refractivity contribution in [3.8, 4) is 0 Å². The molecule has 0 aliphatic carbocycles. The molecule has 0 bridgehead atoms. The molecule has 0 nitrogen and oxygen atoms in total. The highest BCUT2D eigenvalue weighted by molar-refractivity contribution is 9.10. The van der Waals surface area contributed by atoms with Crippen LogP contribution in [-0.4, -0.2) is 0 Å². The van der Waals surface area contributed by atoms with Gasteiger partial charge in [0.15, 0.2) is 0 Å². The van der Waals surface area contributed by atoms with E-state index in [0.29, 0.717) is 0 Å². The van der Waals surface area contributed by atoms with Crippen molar-refractivity contribution >= 4 is 38.9 Å². The van der Waals surface area contributed by atoms with Crippen LogP contribution in [0.1, 0.15) is 37.4 Å². The molecule has 0 aliphatic rings. The first-order chi connectivity index (χ1) is 8.40. The van der Waals surface area contributed by atoms with Crippen LogP contribution in [-0.2, 0) is 0 Å². The highest BCUT2D eigenvalue weighted by atomic mass is 79.9. The van der Waals surface area contributed by atoms with Crippen molar-refractivity contribution < 1.29 is 0 Å². The second-order valence-corrected chi connectivity index (χ2v) is 7.32. The summed E-state index contributed by atoms with van der Waals surface area (Å²) in [5.41, 5.74) is 5.07. The summed E-state index contributed by atoms with van der Waals surface area (Å²) in [5.74, 6) is 0. The summed E-state index contributed by atoms with van der Waals surface area (Å²) in [6.07, 6.45) is 0. The molecule has 2 aromatic rings. The van der Waals surface area contributed by atoms with Gasteiger partial charge in [-0.3, -0.25) is 0 Å². The maximum absolute atomic E-state index is 6.69. The summed E-state index contributed by atoms with van der Waals surface area (Å²) in [7, 11) is 0. The lowest BCUT2D eigenvalue weighted by Crippen LogP contribution is -1.99. The molecule has 1 atom stereocenters. The van der Waals surface area contributed by atoms with Gasteiger partial charge in [0.1, 0.15) is 0 Å². The lowest BCUT2D eigenvalue weighted by Gasteiger charge is -2.16. The minimum Gasteiger partial charge on any atom is -0.143 e. The summed E-state index contributed by atoms with van der Waals surface area (Å²) in [6.45, 7) is 8.51. The van der Waals surface area contributed by atoms with Crippen molar-refractivity contribution in [1.82, 2.24) is 0 Å². The van der Waals surface area contributed by atoms with Gasteiger partial charge >= 0.3 is 0 Å². The van der Waals surface area contributed by atoms with Crippen molar-refractivity contribution in [2.75, 3.05) is 0 Å². The van der Waals surface area contributed by atoms with Crippen LogP contribution in [0, 0.1) is 27.7 Å². The number of benzene rings is 1. The van der Waals surface area contributed by atoms with Crippen LogP contribution in [0.3, 0.4) is 0 Å². The van der Waals surface area contributed by atoms with Crippen molar-refractivity contribution in [3.63, 3.8) is 0 Å². The second-order valence-electron chi connectivity index (χ2n) is 4.74. The fraction of sp³-hybridized carbons (Fsp3) is 0.333. The van der Waals surface area contributed by atoms with Crippen molar-refractivity contribution in [2.24, 2.45) is 0 Å². The molecule has 0 N–H and O–H groups in total. The lowest BCUT2D eigenvalue weighted by molar-refractivity contribution is 1.09. The van der Waals surface area contributed by atoms with E-state index in [9.17, 15) is 0 Å². The summed E-state index contributed by atoms with van der Waals surface area (Å²) in [5, 5.41) is -0.0707. The van der Waals surface area contributed by atoms with Gasteiger partial charge in [-0.2, -0.15) is 0 Å². The monoisotopic (exact) mass is 342 g/mol. The summed E-state index contributed by atoms with van der Waals surface area (Å²) >= 11 is 12.1. The molecule has 0 saturated carbocycles. The fourth-order valence-electron chi connectivity index (χ4n) is 2.40. The standard InChI is InChI=1S/C15H16BrClS/c1-8-5-9(2)13(10(3)6-8)14(17)15-12(16)7-11(4)18-15/h5-7,14H,1-4H3. The largest absolute Gasteiger partial charge is 0.143 e. The third-order valence-corrected chi connectivity index (χ3v) is 5.66. The van der Waals surface area contributed by atoms with E-state index in [0.717, 1.165) is 4.47 Å². The molecule has 0 radical (unpaired) electrons. The average molecular weight is 344 g/mol. The molecule has 0 saturated heterocycles. The molecule has 1 unspecified atom stereocenters. The Morgan fingerprint density at radius 3 is 2.06 bits per heavy atom. The molecule has 3 heteroatoms. The van der Waals surface area contributed by atoms with E-state index in [2.05, 4.69) is 61.8 Å². The topological polar surface area (TPSA) is 0 Å². The fourth-order valence-corrected chi connectivity index (χ4v) is 4.99. The molecule has 18 heavy (non-hydrogen) atoms. The zero-order chi connectivity index (χ0) is 13.4. The Morgan fingerprint density at radius 2 is 1.61 bits per heavy atom. The van der Waals surface area contributed by atoms with E-state index in [1.807, 2.05) is 0 Å². The zero-order valence-electron chi connectivity index (χ0n) is 11.0. The Morgan fingerprint density at radius 1 is 1.06 bits per heavy atom. The van der Waals surface area contributed by atoms with E-state index in [-0.39, 0.29) is 5.38 Å². The second kappa shape index (κ2) is 5.36. The summed E-state index contributed by atoms with van der Waals surface area (Å²) in [4.78, 5) is 2.48. The molecule has 0 aliphatic heterocycles. The first-order valence-corrected chi connectivity index (χ1v) is 7.92. The van der Waals surface area contributed by atoms with Crippen molar-refractivity contribution in [3.05, 3.63) is 54.7 Å². The third kappa shape index (κ3) is 2.66. The Balaban J connectivity index is 2.52. The van der Waals surface area contributed by atoms with Crippen LogP contribution in [0.2, 0.25) is 0 Å². The molecule has 2 rings (SSSR count). The van der Waals surface area contributed by atoms with Gasteiger partial charge in [0, 0.05) is 14.2 Å². The normalized spacial score (nSPS) is 12.8. The number of hydrogen-bond donors (Lipinski definition) is 0. The van der Waals surface area contributed by atoms with Gasteiger partial charge in [-0.05, 0) is 66.4 Å². The molecule has 1 aromatic carbocycles. The predicted molar refractivity (Wildman–Crippen MR) is 85.1 cm³/mol. The Bertz CT molecular complexity index is 563. The van der Waals surface area contributed by atoms with Crippen molar-refractivity contribution in [2.45, 2.75) is 33.1 Å². The van der Waals surface area contributed by atoms with Gasteiger partial charge < -0.3 is 0 Å². The van der Waals surface area contributed by atoms with Gasteiger partial charge in [0.2, 0.25) is 0 Å². The SMILES string of the molecule is Cc1cc(C)c(C(Cl)c2sc(C)cc2Br)c(C)c1. The van der Waals surface area contributed by atoms with Crippen LogP contribution in [0.25, 0.3) is 0 Å². The van der Waals surface area contributed by atoms with Gasteiger partial charge in [-0.25, -0.2) is 0 Å². The minimum absolute atomic E-state index is 0.0707. The quantitative estimate of drug-likeness (QED) is 0.580. The smallest absolute Gasteiger partial charge is 0.0944 e. The molecule has 1 heterocycles. The highest BCUT2D eigenvalue weighted by Gasteiger charge is 2.20. The Labute approximate surface area is 126 Å². The van der Waals surface area contributed by atoms with E-state index < -0.39 is 0 Å². The predicted octanol–water partition coefficient (Wildman–Crippen LogP) is 6.07. The first-order valence-electron chi connectivity index (χ1n) is 5.87. The summed E-state index contributed by atoms with van der Waals surface area (Å²) in [6, 6.07) is 6.53. The van der Waals surface area contributed by atoms with E-state index in [1.165, 1.54) is 32.0 Å². The molecule has 96 valence electrons. The van der Waals surface area contributed by atoms with Gasteiger partial charge in [0.05, 0.1) is 5.38 Å². The van der Waals surface area contributed by atoms with Crippen LogP contribution < -0.4 is 0 Å². The van der Waals surface area contributed by atoms with Gasteiger partial charge in [-0.1, -0.05) is 17.7 Å². The van der Waals surface area contributed by atoms with Crippen LogP contribution >= 0.6 is 38.9 Å². The summed E-state index contributed by atoms with van der Waals surface area (Å²) < 4.78 is 1.12. The Hall–Kier alpha value is -0.310. The van der Waals surface area contributed by atoms with Crippen LogP contribution in [0.15, 0.2) is 22.7 Å². The third-order valence-electron chi connectivity index (χ3n) is 3.06. The number of hydrogen-bond acceptors (Lipinski definition) is 1. The number of aryl methyl sites for hydroxylation is 4. The number of alkyl halides is 1. The maximum Gasteiger partial charge on any atom is 0.0944 e. The molecule has 0 fully saturated rings. The van der Waals surface area contributed by atoms with E-state index in [4.69, 9.17) is 11.6 Å². The molecular weight excluding hydrogens is 328 g/mol. The minimum atomic E-state index is -0.0707. The zero-order valence-corrected chi connectivity index (χ0v) is 14.1. The van der Waals surface area contributed by atoms with Crippen molar-refractivity contribution in [1.29, 1.82) is 0 Å². The average Bonchev–Trinajstić information content (AvgIpc) is 2.56. The Kier molecular flexibility index (Phi) is 4.20. The molecule has 1 aromatic heterocycles.